The first-order chi connectivity index (χ1) is 12.0. The Labute approximate surface area is 146 Å². The number of aryl methyl sites for hydroxylation is 3. The second-order valence-electron chi connectivity index (χ2n) is 6.30. The molecular formula is C19H21N5O. The maximum atomic E-state index is 12.8. The SMILES string of the molecule is Cc1ccc(CC(C(=O)Nc2ccc(C)c(C)c2)c2nn[nH]n2)cc1. The Hall–Kier alpha value is -3.02. The molecule has 0 fully saturated rings. The number of hydrogen-bond acceptors (Lipinski definition) is 4. The predicted octanol–water partition coefficient (Wildman–Crippen LogP) is 3.09. The molecule has 2 aromatic carbocycles. The lowest BCUT2D eigenvalue weighted by Crippen LogP contribution is -2.24. The highest BCUT2D eigenvalue weighted by atomic mass is 16.1. The van der Waals surface area contributed by atoms with Crippen molar-refractivity contribution in [3.05, 3.63) is 70.5 Å². The zero-order valence-corrected chi connectivity index (χ0v) is 14.6. The maximum absolute atomic E-state index is 12.8. The van der Waals surface area contributed by atoms with Crippen LogP contribution < -0.4 is 5.32 Å². The first-order valence-electron chi connectivity index (χ1n) is 8.20. The first kappa shape index (κ1) is 16.8. The number of aromatic amines is 1. The van der Waals surface area contributed by atoms with E-state index in [2.05, 4.69) is 25.9 Å². The van der Waals surface area contributed by atoms with Crippen LogP contribution in [0.5, 0.6) is 0 Å². The molecule has 128 valence electrons. The van der Waals surface area contributed by atoms with Crippen molar-refractivity contribution >= 4 is 11.6 Å². The summed E-state index contributed by atoms with van der Waals surface area (Å²) in [5.41, 5.74) is 5.32. The first-order valence-corrected chi connectivity index (χ1v) is 8.20. The van der Waals surface area contributed by atoms with Crippen LogP contribution in [-0.2, 0) is 11.2 Å². The van der Waals surface area contributed by atoms with Crippen molar-refractivity contribution in [1.29, 1.82) is 0 Å². The van der Waals surface area contributed by atoms with Gasteiger partial charge in [0.2, 0.25) is 5.91 Å². The molecule has 1 aromatic heterocycles. The minimum absolute atomic E-state index is 0.148. The van der Waals surface area contributed by atoms with Gasteiger partial charge in [-0.2, -0.15) is 5.21 Å². The van der Waals surface area contributed by atoms with Crippen molar-refractivity contribution in [2.24, 2.45) is 0 Å². The van der Waals surface area contributed by atoms with Gasteiger partial charge < -0.3 is 5.32 Å². The van der Waals surface area contributed by atoms with E-state index in [1.807, 2.05) is 63.2 Å². The number of carbonyl (C=O) groups excluding carboxylic acids is 1. The van der Waals surface area contributed by atoms with Gasteiger partial charge in [0, 0.05) is 5.69 Å². The number of tetrazole rings is 1. The van der Waals surface area contributed by atoms with Gasteiger partial charge in [0.1, 0.15) is 5.92 Å². The van der Waals surface area contributed by atoms with Gasteiger partial charge in [-0.05, 0) is 56.0 Å². The number of rotatable bonds is 5. The van der Waals surface area contributed by atoms with Crippen molar-refractivity contribution in [3.8, 4) is 0 Å². The minimum atomic E-state index is -0.511. The molecule has 0 aliphatic rings. The van der Waals surface area contributed by atoms with Crippen LogP contribution in [0.3, 0.4) is 0 Å². The van der Waals surface area contributed by atoms with E-state index in [1.165, 1.54) is 11.1 Å². The Balaban J connectivity index is 1.82. The van der Waals surface area contributed by atoms with E-state index in [-0.39, 0.29) is 5.91 Å². The van der Waals surface area contributed by atoms with Crippen LogP contribution >= 0.6 is 0 Å². The normalized spacial score (nSPS) is 12.0. The highest BCUT2D eigenvalue weighted by Crippen LogP contribution is 2.21. The molecule has 0 saturated heterocycles. The molecule has 1 heterocycles. The topological polar surface area (TPSA) is 83.6 Å². The van der Waals surface area contributed by atoms with E-state index in [1.54, 1.807) is 0 Å². The molecule has 1 amide bonds. The number of nitrogens with one attached hydrogen (secondary N) is 2. The number of aromatic nitrogens is 4. The summed E-state index contributed by atoms with van der Waals surface area (Å²) in [5.74, 6) is -0.268. The van der Waals surface area contributed by atoms with Crippen LogP contribution in [0.2, 0.25) is 0 Å². The van der Waals surface area contributed by atoms with Gasteiger partial charge in [-0.3, -0.25) is 4.79 Å². The predicted molar refractivity (Wildman–Crippen MR) is 96.3 cm³/mol. The second kappa shape index (κ2) is 7.25. The Bertz CT molecular complexity index is 856. The Kier molecular flexibility index (Phi) is 4.88. The van der Waals surface area contributed by atoms with Crippen LogP contribution in [0.15, 0.2) is 42.5 Å². The molecular weight excluding hydrogens is 314 g/mol. The molecule has 0 aliphatic carbocycles. The summed E-state index contributed by atoms with van der Waals surface area (Å²) in [6, 6.07) is 14.0. The zero-order valence-electron chi connectivity index (χ0n) is 14.6. The van der Waals surface area contributed by atoms with Crippen molar-refractivity contribution in [2.75, 3.05) is 5.32 Å². The summed E-state index contributed by atoms with van der Waals surface area (Å²) in [5, 5.41) is 17.0. The summed E-state index contributed by atoms with van der Waals surface area (Å²) in [7, 11) is 0. The summed E-state index contributed by atoms with van der Waals surface area (Å²) < 4.78 is 0. The Morgan fingerprint density at radius 3 is 2.48 bits per heavy atom. The molecule has 1 atom stereocenters. The molecule has 25 heavy (non-hydrogen) atoms. The van der Waals surface area contributed by atoms with Gasteiger partial charge >= 0.3 is 0 Å². The molecule has 0 saturated carbocycles. The molecule has 0 aliphatic heterocycles. The molecule has 3 aromatic rings. The lowest BCUT2D eigenvalue weighted by atomic mass is 9.97. The third kappa shape index (κ3) is 4.09. The maximum Gasteiger partial charge on any atom is 0.235 e. The highest BCUT2D eigenvalue weighted by molar-refractivity contribution is 5.95. The fourth-order valence-corrected chi connectivity index (χ4v) is 2.63. The molecule has 2 N–H and O–H groups in total. The van der Waals surface area contributed by atoms with Crippen molar-refractivity contribution in [1.82, 2.24) is 20.6 Å². The van der Waals surface area contributed by atoms with Gasteiger partial charge in [0.25, 0.3) is 0 Å². The average molecular weight is 335 g/mol. The van der Waals surface area contributed by atoms with E-state index >= 15 is 0 Å². The molecule has 0 radical (unpaired) electrons. The molecule has 6 nitrogen and oxygen atoms in total. The quantitative estimate of drug-likeness (QED) is 0.750. The standard InChI is InChI=1S/C19H21N5O/c1-12-4-7-15(8-5-12)11-17(18-21-23-24-22-18)19(25)20-16-9-6-13(2)14(3)10-16/h4-10,17H,11H2,1-3H3,(H,20,25)(H,21,22,23,24). The fourth-order valence-electron chi connectivity index (χ4n) is 2.63. The van der Waals surface area contributed by atoms with Crippen LogP contribution in [0.1, 0.15) is 34.0 Å². The highest BCUT2D eigenvalue weighted by Gasteiger charge is 2.25. The number of H-pyrrole nitrogens is 1. The van der Waals surface area contributed by atoms with E-state index < -0.39 is 5.92 Å². The summed E-state index contributed by atoms with van der Waals surface area (Å²) in [6.45, 7) is 6.10. The lowest BCUT2D eigenvalue weighted by molar-refractivity contribution is -0.117. The average Bonchev–Trinajstić information content (AvgIpc) is 3.12. The fraction of sp³-hybridized carbons (Fsp3) is 0.263. The summed E-state index contributed by atoms with van der Waals surface area (Å²) in [4.78, 5) is 12.8. The van der Waals surface area contributed by atoms with E-state index in [0.717, 1.165) is 16.8 Å². The zero-order chi connectivity index (χ0) is 17.8. The number of amides is 1. The van der Waals surface area contributed by atoms with Crippen LogP contribution in [0.4, 0.5) is 5.69 Å². The van der Waals surface area contributed by atoms with E-state index in [0.29, 0.717) is 12.2 Å². The largest absolute Gasteiger partial charge is 0.325 e. The number of nitrogens with zero attached hydrogens (tertiary/aromatic N) is 3. The molecule has 3 rings (SSSR count). The van der Waals surface area contributed by atoms with Crippen molar-refractivity contribution in [2.45, 2.75) is 33.1 Å². The molecule has 0 spiro atoms. The number of hydrogen-bond donors (Lipinski definition) is 2. The Morgan fingerprint density at radius 2 is 1.84 bits per heavy atom. The summed E-state index contributed by atoms with van der Waals surface area (Å²) >= 11 is 0. The molecule has 1 unspecified atom stereocenters. The van der Waals surface area contributed by atoms with E-state index in [4.69, 9.17) is 0 Å². The van der Waals surface area contributed by atoms with Gasteiger partial charge in [0.05, 0.1) is 0 Å². The van der Waals surface area contributed by atoms with Crippen molar-refractivity contribution < 1.29 is 4.79 Å². The minimum Gasteiger partial charge on any atom is -0.325 e. The van der Waals surface area contributed by atoms with Gasteiger partial charge in [-0.25, -0.2) is 0 Å². The summed E-state index contributed by atoms with van der Waals surface area (Å²) in [6.07, 6.45) is 0.510. The van der Waals surface area contributed by atoms with Crippen molar-refractivity contribution in [3.63, 3.8) is 0 Å². The smallest absolute Gasteiger partial charge is 0.235 e. The number of carbonyl (C=O) groups is 1. The molecule has 6 heteroatoms. The van der Waals surface area contributed by atoms with Gasteiger partial charge in [-0.1, -0.05) is 41.1 Å². The third-order valence-electron chi connectivity index (χ3n) is 4.32. The Morgan fingerprint density at radius 1 is 1.08 bits per heavy atom. The third-order valence-corrected chi connectivity index (χ3v) is 4.32. The second-order valence-corrected chi connectivity index (χ2v) is 6.30. The number of anilines is 1. The van der Waals surface area contributed by atoms with Crippen LogP contribution in [0, 0.1) is 20.8 Å². The molecule has 0 bridgehead atoms. The van der Waals surface area contributed by atoms with E-state index in [9.17, 15) is 4.79 Å². The van der Waals surface area contributed by atoms with Crippen LogP contribution in [-0.4, -0.2) is 26.5 Å². The van der Waals surface area contributed by atoms with Gasteiger partial charge in [-0.15, -0.1) is 10.2 Å². The number of benzene rings is 2. The van der Waals surface area contributed by atoms with Gasteiger partial charge in [0.15, 0.2) is 5.82 Å². The lowest BCUT2D eigenvalue weighted by Gasteiger charge is -2.15. The monoisotopic (exact) mass is 335 g/mol. The van der Waals surface area contributed by atoms with Crippen LogP contribution in [0.25, 0.3) is 0 Å².